The Morgan fingerprint density at radius 3 is 2.77 bits per heavy atom. The summed E-state index contributed by atoms with van der Waals surface area (Å²) in [6.07, 6.45) is -0.822. The third-order valence-electron chi connectivity index (χ3n) is 4.44. The Morgan fingerprint density at radius 1 is 1.26 bits per heavy atom. The first-order valence-electron chi connectivity index (χ1n) is 9.33. The Bertz CT molecular complexity index is 883. The number of aromatic nitrogens is 3. The lowest BCUT2D eigenvalue weighted by Gasteiger charge is -2.20. The molecule has 1 aliphatic rings. The zero-order valence-corrected chi connectivity index (χ0v) is 19.7. The number of nitrogens with one attached hydrogen (secondary N) is 3. The average molecular weight is 571 g/mol. The number of pyridine rings is 1. The van der Waals surface area contributed by atoms with Crippen LogP contribution >= 0.6 is 35.6 Å². The lowest BCUT2D eigenvalue weighted by atomic mass is 10.3. The molecule has 0 spiro atoms. The van der Waals surface area contributed by atoms with Crippen molar-refractivity contribution < 1.29 is 13.2 Å². The fourth-order valence-electron chi connectivity index (χ4n) is 3.03. The van der Waals surface area contributed by atoms with E-state index in [0.717, 1.165) is 37.6 Å². The van der Waals surface area contributed by atoms with E-state index in [0.29, 0.717) is 24.1 Å². The summed E-state index contributed by atoms with van der Waals surface area (Å²) in [5.74, 6) is 1.28. The molecule has 1 unspecified atom stereocenters. The van der Waals surface area contributed by atoms with Crippen LogP contribution in [0.1, 0.15) is 12.1 Å². The first-order valence-corrected chi connectivity index (χ1v) is 9.71. The molecule has 3 N–H and O–H groups in total. The van der Waals surface area contributed by atoms with Crippen LogP contribution in [0, 0.1) is 0 Å². The molecule has 13 heteroatoms. The highest BCUT2D eigenvalue weighted by molar-refractivity contribution is 14.0. The quantitative estimate of drug-likeness (QED) is 0.213. The maximum Gasteiger partial charge on any atom is 0.433 e. The topological polar surface area (TPSA) is 90.4 Å². The molecule has 1 fully saturated rings. The molecular weight excluding hydrogens is 548 g/mol. The zero-order valence-electron chi connectivity index (χ0n) is 16.7. The largest absolute Gasteiger partial charge is 0.433 e. The van der Waals surface area contributed by atoms with Crippen molar-refractivity contribution in [3.05, 3.63) is 41.3 Å². The predicted octanol–water partition coefficient (Wildman–Crippen LogP) is 3.02. The molecule has 0 saturated carbocycles. The van der Waals surface area contributed by atoms with Gasteiger partial charge in [-0.05, 0) is 24.6 Å². The molecule has 2 aromatic rings. The highest BCUT2D eigenvalue weighted by Gasteiger charge is 2.32. The summed E-state index contributed by atoms with van der Waals surface area (Å²) in [6, 6.07) is 4.60. The molecule has 1 saturated heterocycles. The second-order valence-electron chi connectivity index (χ2n) is 6.57. The van der Waals surface area contributed by atoms with E-state index >= 15 is 0 Å². The van der Waals surface area contributed by atoms with Crippen molar-refractivity contribution in [2.75, 3.05) is 43.4 Å². The Labute approximate surface area is 200 Å². The Morgan fingerprint density at radius 2 is 2.06 bits per heavy atom. The number of rotatable bonds is 6. The molecule has 0 aromatic carbocycles. The van der Waals surface area contributed by atoms with Crippen LogP contribution in [0.2, 0.25) is 5.02 Å². The van der Waals surface area contributed by atoms with Crippen LogP contribution in [0.25, 0.3) is 0 Å². The Balaban J connectivity index is 0.00000341. The highest BCUT2D eigenvalue weighted by atomic mass is 127. The number of nitrogens with zero attached hydrogens (tertiary/aromatic N) is 5. The number of anilines is 2. The molecule has 0 bridgehead atoms. The van der Waals surface area contributed by atoms with Crippen LogP contribution in [0.5, 0.6) is 0 Å². The standard InChI is InChI=1S/C18H22ClF3N8.HI/c1-23-16(26-8-9-27-17-25-7-4-14(29-17)18(20,21)22)28-12-5-10-30(11-12)15-13(19)3-2-6-24-15;/h2-4,6-7,12H,5,8-11H2,1H3,(H2,23,26,28)(H,25,27,29);1H. The maximum absolute atomic E-state index is 12.7. The summed E-state index contributed by atoms with van der Waals surface area (Å²) < 4.78 is 38.1. The average Bonchev–Trinajstić information content (AvgIpc) is 3.18. The van der Waals surface area contributed by atoms with Crippen LogP contribution in [-0.4, -0.2) is 60.2 Å². The molecular formula is C18H23ClF3IN8. The van der Waals surface area contributed by atoms with Gasteiger partial charge in [0.05, 0.1) is 5.02 Å². The van der Waals surface area contributed by atoms with E-state index in [1.807, 2.05) is 6.07 Å². The van der Waals surface area contributed by atoms with Crippen LogP contribution < -0.4 is 20.9 Å². The monoisotopic (exact) mass is 570 g/mol. The van der Waals surface area contributed by atoms with Gasteiger partial charge in [-0.15, -0.1) is 24.0 Å². The molecule has 170 valence electrons. The number of aliphatic imine (C=N–C) groups is 1. The van der Waals surface area contributed by atoms with E-state index in [4.69, 9.17) is 11.6 Å². The van der Waals surface area contributed by atoms with Gasteiger partial charge in [0.15, 0.2) is 5.96 Å². The first-order chi connectivity index (χ1) is 14.4. The SMILES string of the molecule is CN=C(NCCNc1nccc(C(F)(F)F)n1)NC1CCN(c2ncccc2Cl)C1.I. The van der Waals surface area contributed by atoms with Crippen LogP contribution in [0.3, 0.4) is 0 Å². The second-order valence-corrected chi connectivity index (χ2v) is 6.98. The van der Waals surface area contributed by atoms with Crippen molar-refractivity contribution in [1.29, 1.82) is 0 Å². The molecule has 31 heavy (non-hydrogen) atoms. The Hall–Kier alpha value is -2.09. The third kappa shape index (κ3) is 7.23. The van der Waals surface area contributed by atoms with Crippen molar-refractivity contribution in [3.8, 4) is 0 Å². The van der Waals surface area contributed by atoms with Crippen LogP contribution in [0.4, 0.5) is 24.9 Å². The summed E-state index contributed by atoms with van der Waals surface area (Å²) in [7, 11) is 1.65. The van der Waals surface area contributed by atoms with Crippen molar-refractivity contribution in [2.24, 2.45) is 4.99 Å². The fourth-order valence-corrected chi connectivity index (χ4v) is 3.27. The van der Waals surface area contributed by atoms with Gasteiger partial charge in [0.1, 0.15) is 11.5 Å². The van der Waals surface area contributed by atoms with E-state index in [1.54, 1.807) is 19.3 Å². The number of hydrogen-bond acceptors (Lipinski definition) is 6. The summed E-state index contributed by atoms with van der Waals surface area (Å²) >= 11 is 6.21. The van der Waals surface area contributed by atoms with Gasteiger partial charge in [0.25, 0.3) is 0 Å². The fraction of sp³-hybridized carbons (Fsp3) is 0.444. The minimum atomic E-state index is -4.50. The molecule has 1 atom stereocenters. The van der Waals surface area contributed by atoms with Gasteiger partial charge in [-0.2, -0.15) is 13.2 Å². The van der Waals surface area contributed by atoms with Gasteiger partial charge < -0.3 is 20.9 Å². The molecule has 0 aliphatic carbocycles. The molecule has 0 amide bonds. The first kappa shape index (κ1) is 25.2. The Kier molecular flexibility index (Phi) is 9.34. The summed E-state index contributed by atoms with van der Waals surface area (Å²) in [5, 5.41) is 9.83. The van der Waals surface area contributed by atoms with Crippen LogP contribution in [-0.2, 0) is 6.18 Å². The minimum absolute atomic E-state index is 0. The number of alkyl halides is 3. The number of hydrogen-bond donors (Lipinski definition) is 3. The summed E-state index contributed by atoms with van der Waals surface area (Å²) in [5.41, 5.74) is -0.982. The van der Waals surface area contributed by atoms with Crippen molar-refractivity contribution in [1.82, 2.24) is 25.6 Å². The summed E-state index contributed by atoms with van der Waals surface area (Å²) in [6.45, 7) is 2.29. The van der Waals surface area contributed by atoms with Crippen molar-refractivity contribution in [3.63, 3.8) is 0 Å². The zero-order chi connectivity index (χ0) is 21.6. The van der Waals surface area contributed by atoms with E-state index < -0.39 is 11.9 Å². The van der Waals surface area contributed by atoms with Gasteiger partial charge >= 0.3 is 6.18 Å². The molecule has 8 nitrogen and oxygen atoms in total. The second kappa shape index (κ2) is 11.5. The lowest BCUT2D eigenvalue weighted by molar-refractivity contribution is -0.141. The normalized spacial score (nSPS) is 16.6. The number of guanidine groups is 1. The molecule has 3 heterocycles. The van der Waals surface area contributed by atoms with Gasteiger partial charge in [0, 0.05) is 51.7 Å². The maximum atomic E-state index is 12.7. The third-order valence-corrected chi connectivity index (χ3v) is 4.73. The molecule has 2 aromatic heterocycles. The van der Waals surface area contributed by atoms with E-state index in [2.05, 4.69) is 40.8 Å². The van der Waals surface area contributed by atoms with Gasteiger partial charge in [-0.3, -0.25) is 4.99 Å². The van der Waals surface area contributed by atoms with Crippen molar-refractivity contribution in [2.45, 2.75) is 18.6 Å². The number of halogens is 5. The predicted molar refractivity (Wildman–Crippen MR) is 125 cm³/mol. The molecule has 1 aliphatic heterocycles. The smallest absolute Gasteiger partial charge is 0.355 e. The van der Waals surface area contributed by atoms with Gasteiger partial charge in [0.2, 0.25) is 5.95 Å². The molecule has 3 rings (SSSR count). The van der Waals surface area contributed by atoms with E-state index in [1.165, 1.54) is 0 Å². The van der Waals surface area contributed by atoms with E-state index in [9.17, 15) is 13.2 Å². The minimum Gasteiger partial charge on any atom is -0.355 e. The van der Waals surface area contributed by atoms with Crippen LogP contribution in [0.15, 0.2) is 35.6 Å². The summed E-state index contributed by atoms with van der Waals surface area (Å²) in [4.78, 5) is 17.9. The van der Waals surface area contributed by atoms with Crippen molar-refractivity contribution >= 4 is 53.3 Å². The van der Waals surface area contributed by atoms with E-state index in [-0.39, 0.29) is 36.0 Å². The highest BCUT2D eigenvalue weighted by Crippen LogP contribution is 2.27. The lowest BCUT2D eigenvalue weighted by Crippen LogP contribution is -2.45. The molecule has 0 radical (unpaired) electrons. The van der Waals surface area contributed by atoms with Gasteiger partial charge in [-0.25, -0.2) is 15.0 Å². The van der Waals surface area contributed by atoms with Gasteiger partial charge in [-0.1, -0.05) is 11.6 Å².